The van der Waals surface area contributed by atoms with Crippen LogP contribution >= 0.6 is 0 Å². The number of carbonyl (C=O) groups excluding carboxylic acids is 1. The van der Waals surface area contributed by atoms with Gasteiger partial charge in [0, 0.05) is 55.7 Å². The molecule has 3 aromatic rings. The molecule has 2 aromatic carbocycles. The summed E-state index contributed by atoms with van der Waals surface area (Å²) in [6, 6.07) is 11.4. The van der Waals surface area contributed by atoms with Crippen molar-refractivity contribution in [1.82, 2.24) is 14.9 Å². The molecule has 0 unspecified atom stereocenters. The Morgan fingerprint density at radius 2 is 1.86 bits per heavy atom. The molecule has 142 valence electrons. The molecule has 2 heterocycles. The first-order chi connectivity index (χ1) is 13.8. The van der Waals surface area contributed by atoms with Crippen molar-refractivity contribution < 1.29 is 9.53 Å². The summed E-state index contributed by atoms with van der Waals surface area (Å²) in [4.78, 5) is 24.9. The van der Waals surface area contributed by atoms with Crippen molar-refractivity contribution in [2.45, 2.75) is 0 Å². The van der Waals surface area contributed by atoms with Crippen LogP contribution in [0.2, 0.25) is 0 Å². The van der Waals surface area contributed by atoms with Crippen molar-refractivity contribution in [2.24, 2.45) is 0 Å². The lowest BCUT2D eigenvalue weighted by Crippen LogP contribution is -2.50. The number of benzene rings is 2. The van der Waals surface area contributed by atoms with Gasteiger partial charge < -0.3 is 19.9 Å². The zero-order chi connectivity index (χ0) is 19.3. The average Bonchev–Trinajstić information content (AvgIpc) is 2.78. The van der Waals surface area contributed by atoms with Crippen LogP contribution in [0.25, 0.3) is 10.8 Å². The quantitative estimate of drug-likeness (QED) is 0.692. The molecule has 1 fully saturated rings. The Morgan fingerprint density at radius 1 is 1.07 bits per heavy atom. The first-order valence-electron chi connectivity index (χ1n) is 9.20. The second-order valence-electron chi connectivity index (χ2n) is 6.56. The number of carbonyl (C=O) groups is 1. The van der Waals surface area contributed by atoms with Gasteiger partial charge in [-0.15, -0.1) is 0 Å². The number of piperazine rings is 1. The molecule has 0 saturated carbocycles. The van der Waals surface area contributed by atoms with Crippen molar-refractivity contribution in [3.63, 3.8) is 0 Å². The molecule has 0 bridgehead atoms. The summed E-state index contributed by atoms with van der Waals surface area (Å²) in [6.07, 6.45) is 6.39. The second kappa shape index (κ2) is 8.04. The van der Waals surface area contributed by atoms with E-state index in [9.17, 15) is 4.79 Å². The van der Waals surface area contributed by atoms with Crippen LogP contribution in [0.1, 0.15) is 5.56 Å². The lowest BCUT2D eigenvalue weighted by molar-refractivity contribution is -0.133. The number of rotatable bonds is 5. The molecule has 7 nitrogen and oxygen atoms in total. The molecule has 7 heteroatoms. The Kier molecular flexibility index (Phi) is 5.14. The van der Waals surface area contributed by atoms with E-state index in [2.05, 4.69) is 14.9 Å². The molecule has 1 aliphatic rings. The van der Waals surface area contributed by atoms with Crippen LogP contribution in [0, 0.1) is 5.41 Å². The third kappa shape index (κ3) is 3.64. The van der Waals surface area contributed by atoms with Crippen LogP contribution in [-0.2, 0) is 4.79 Å². The predicted molar refractivity (Wildman–Crippen MR) is 108 cm³/mol. The Balaban J connectivity index is 1.38. The highest BCUT2D eigenvalue weighted by molar-refractivity contribution is 6.01. The molecular weight excluding hydrogens is 354 g/mol. The third-order valence-corrected chi connectivity index (χ3v) is 4.93. The Hall–Kier alpha value is -3.48. The number of ether oxygens (including phenoxy) is 1. The number of amides is 1. The zero-order valence-electron chi connectivity index (χ0n) is 15.4. The SMILES string of the molecule is N=Cc1ccc(OCC(=O)N2CCN(c3cnccn3)CC2)c2ccccc12. The molecule has 0 radical (unpaired) electrons. The summed E-state index contributed by atoms with van der Waals surface area (Å²) < 4.78 is 5.84. The monoisotopic (exact) mass is 375 g/mol. The molecule has 4 rings (SSSR count). The van der Waals surface area contributed by atoms with E-state index in [4.69, 9.17) is 10.1 Å². The Morgan fingerprint density at radius 3 is 2.57 bits per heavy atom. The third-order valence-electron chi connectivity index (χ3n) is 4.93. The lowest BCUT2D eigenvalue weighted by atomic mass is 10.0. The van der Waals surface area contributed by atoms with Gasteiger partial charge in [-0.05, 0) is 17.5 Å². The van der Waals surface area contributed by atoms with Crippen LogP contribution in [-0.4, -0.2) is 59.8 Å². The van der Waals surface area contributed by atoms with Gasteiger partial charge in [0.2, 0.25) is 0 Å². The van der Waals surface area contributed by atoms with Crippen molar-refractivity contribution in [2.75, 3.05) is 37.7 Å². The van der Waals surface area contributed by atoms with Crippen molar-refractivity contribution in [3.8, 4) is 5.75 Å². The molecule has 1 amide bonds. The van der Waals surface area contributed by atoms with Gasteiger partial charge in [-0.3, -0.25) is 9.78 Å². The fourth-order valence-electron chi connectivity index (χ4n) is 3.42. The van der Waals surface area contributed by atoms with Crippen molar-refractivity contribution in [3.05, 3.63) is 60.6 Å². The molecule has 0 spiro atoms. The molecule has 1 N–H and O–H groups in total. The van der Waals surface area contributed by atoms with E-state index in [1.165, 1.54) is 6.21 Å². The number of anilines is 1. The number of hydrogen-bond donors (Lipinski definition) is 1. The van der Waals surface area contributed by atoms with E-state index >= 15 is 0 Å². The van der Waals surface area contributed by atoms with Gasteiger partial charge in [0.05, 0.1) is 6.20 Å². The summed E-state index contributed by atoms with van der Waals surface area (Å²) in [5.74, 6) is 1.47. The first-order valence-corrected chi connectivity index (χ1v) is 9.20. The number of hydrogen-bond acceptors (Lipinski definition) is 6. The fraction of sp³-hybridized carbons (Fsp3) is 0.238. The molecule has 1 saturated heterocycles. The highest BCUT2D eigenvalue weighted by Gasteiger charge is 2.22. The van der Waals surface area contributed by atoms with Crippen LogP contribution in [0.3, 0.4) is 0 Å². The van der Waals surface area contributed by atoms with Crippen molar-refractivity contribution >= 4 is 28.7 Å². The van der Waals surface area contributed by atoms with Gasteiger partial charge in [-0.1, -0.05) is 24.3 Å². The highest BCUT2D eigenvalue weighted by Crippen LogP contribution is 2.28. The van der Waals surface area contributed by atoms with Gasteiger partial charge in [-0.25, -0.2) is 4.98 Å². The van der Waals surface area contributed by atoms with E-state index < -0.39 is 0 Å². The summed E-state index contributed by atoms with van der Waals surface area (Å²) in [5.41, 5.74) is 0.828. The summed E-state index contributed by atoms with van der Waals surface area (Å²) in [7, 11) is 0. The maximum absolute atomic E-state index is 12.6. The van der Waals surface area contributed by atoms with E-state index in [1.54, 1.807) is 18.6 Å². The van der Waals surface area contributed by atoms with Gasteiger partial charge in [0.1, 0.15) is 11.6 Å². The maximum Gasteiger partial charge on any atom is 0.260 e. The minimum absolute atomic E-state index is 0.000920. The number of nitrogens with one attached hydrogen (secondary N) is 1. The standard InChI is InChI=1S/C21H21N5O2/c22-13-16-5-6-19(18-4-2-1-3-17(16)18)28-15-21(27)26-11-9-25(10-12-26)20-14-23-7-8-24-20/h1-8,13-14,22H,9-12,15H2. The molecule has 1 aliphatic heterocycles. The van der Waals surface area contributed by atoms with E-state index in [1.807, 2.05) is 41.3 Å². The predicted octanol–water partition coefficient (Wildman–Crippen LogP) is 2.36. The lowest BCUT2D eigenvalue weighted by Gasteiger charge is -2.35. The van der Waals surface area contributed by atoms with E-state index in [0.717, 1.165) is 35.2 Å². The van der Waals surface area contributed by atoms with E-state index in [-0.39, 0.29) is 12.5 Å². The summed E-state index contributed by atoms with van der Waals surface area (Å²) in [5, 5.41) is 9.39. The normalized spacial score (nSPS) is 14.1. The Bertz CT molecular complexity index is 985. The van der Waals surface area contributed by atoms with Crippen LogP contribution < -0.4 is 9.64 Å². The minimum Gasteiger partial charge on any atom is -0.483 e. The Labute approximate surface area is 163 Å². The molecule has 28 heavy (non-hydrogen) atoms. The average molecular weight is 375 g/mol. The topological polar surface area (TPSA) is 82.4 Å². The van der Waals surface area contributed by atoms with Crippen LogP contribution in [0.5, 0.6) is 5.75 Å². The number of aromatic nitrogens is 2. The summed E-state index contributed by atoms with van der Waals surface area (Å²) in [6.45, 7) is 2.71. The first kappa shape index (κ1) is 17.9. The van der Waals surface area contributed by atoms with Crippen LogP contribution in [0.15, 0.2) is 55.0 Å². The largest absolute Gasteiger partial charge is 0.483 e. The zero-order valence-corrected chi connectivity index (χ0v) is 15.4. The minimum atomic E-state index is -0.0287. The number of nitrogens with zero attached hydrogens (tertiary/aromatic N) is 4. The molecule has 0 atom stereocenters. The van der Waals surface area contributed by atoms with Gasteiger partial charge in [0.25, 0.3) is 5.91 Å². The molecule has 1 aromatic heterocycles. The van der Waals surface area contributed by atoms with Gasteiger partial charge in [0.15, 0.2) is 6.61 Å². The van der Waals surface area contributed by atoms with Gasteiger partial charge in [-0.2, -0.15) is 0 Å². The maximum atomic E-state index is 12.6. The molecule has 0 aliphatic carbocycles. The highest BCUT2D eigenvalue weighted by atomic mass is 16.5. The second-order valence-corrected chi connectivity index (χ2v) is 6.56. The van der Waals surface area contributed by atoms with Crippen LogP contribution in [0.4, 0.5) is 5.82 Å². The van der Waals surface area contributed by atoms with Crippen molar-refractivity contribution in [1.29, 1.82) is 5.41 Å². The fourth-order valence-corrected chi connectivity index (χ4v) is 3.42. The molecular formula is C21H21N5O2. The van der Waals surface area contributed by atoms with Gasteiger partial charge >= 0.3 is 0 Å². The number of fused-ring (bicyclic) bond motifs is 1. The van der Waals surface area contributed by atoms with E-state index in [0.29, 0.717) is 18.8 Å². The summed E-state index contributed by atoms with van der Waals surface area (Å²) >= 11 is 0. The smallest absolute Gasteiger partial charge is 0.260 e.